The van der Waals surface area contributed by atoms with Crippen molar-refractivity contribution < 1.29 is 19.0 Å². The molecule has 1 atom stereocenters. The van der Waals surface area contributed by atoms with Gasteiger partial charge in [0.25, 0.3) is 0 Å². The molecule has 5 heteroatoms. The summed E-state index contributed by atoms with van der Waals surface area (Å²) in [6.45, 7) is 2.00. The zero-order chi connectivity index (χ0) is 19.1. The van der Waals surface area contributed by atoms with Crippen LogP contribution in [0.5, 0.6) is 17.2 Å². The zero-order valence-corrected chi connectivity index (χ0v) is 16.1. The normalized spacial score (nSPS) is 11.6. The Kier molecular flexibility index (Phi) is 6.89. The maximum Gasteiger partial charge on any atom is 0.223 e. The lowest BCUT2D eigenvalue weighted by atomic mass is 10.0. The van der Waals surface area contributed by atoms with Gasteiger partial charge in [-0.15, -0.1) is 0 Å². The minimum atomic E-state index is -0.0779. The van der Waals surface area contributed by atoms with Gasteiger partial charge in [-0.2, -0.15) is 0 Å². The van der Waals surface area contributed by atoms with Crippen molar-refractivity contribution in [3.8, 4) is 17.2 Å². The molecule has 1 amide bonds. The van der Waals surface area contributed by atoms with Crippen molar-refractivity contribution in [3.05, 3.63) is 53.6 Å². The smallest absolute Gasteiger partial charge is 0.223 e. The lowest BCUT2D eigenvalue weighted by molar-refractivity contribution is -0.131. The monoisotopic (exact) mass is 357 g/mol. The van der Waals surface area contributed by atoms with Crippen LogP contribution < -0.4 is 14.2 Å². The first-order chi connectivity index (χ1) is 12.5. The summed E-state index contributed by atoms with van der Waals surface area (Å²) in [5.41, 5.74) is 1.95. The Morgan fingerprint density at radius 2 is 1.69 bits per heavy atom. The van der Waals surface area contributed by atoms with Crippen LogP contribution in [0.3, 0.4) is 0 Å². The molecule has 0 saturated carbocycles. The van der Waals surface area contributed by atoms with Crippen LogP contribution in [0.15, 0.2) is 42.5 Å². The number of ether oxygens (including phenoxy) is 3. The number of carbonyl (C=O) groups excluding carboxylic acids is 1. The van der Waals surface area contributed by atoms with Crippen molar-refractivity contribution in [2.24, 2.45) is 0 Å². The fourth-order valence-corrected chi connectivity index (χ4v) is 2.93. The van der Waals surface area contributed by atoms with Gasteiger partial charge in [0.2, 0.25) is 5.91 Å². The number of benzene rings is 2. The highest BCUT2D eigenvalue weighted by Crippen LogP contribution is 2.29. The highest BCUT2D eigenvalue weighted by molar-refractivity contribution is 5.77. The van der Waals surface area contributed by atoms with Gasteiger partial charge in [0, 0.05) is 19.0 Å². The van der Waals surface area contributed by atoms with Gasteiger partial charge >= 0.3 is 0 Å². The molecule has 5 nitrogen and oxygen atoms in total. The van der Waals surface area contributed by atoms with Gasteiger partial charge in [0.1, 0.15) is 17.2 Å². The van der Waals surface area contributed by atoms with Crippen molar-refractivity contribution >= 4 is 5.91 Å². The second-order valence-corrected chi connectivity index (χ2v) is 6.10. The van der Waals surface area contributed by atoms with Crippen molar-refractivity contribution in [3.63, 3.8) is 0 Å². The molecule has 140 valence electrons. The van der Waals surface area contributed by atoms with Gasteiger partial charge in [0.05, 0.1) is 27.4 Å². The number of hydrogen-bond donors (Lipinski definition) is 0. The zero-order valence-electron chi connectivity index (χ0n) is 16.1. The van der Waals surface area contributed by atoms with E-state index in [4.69, 9.17) is 14.2 Å². The van der Waals surface area contributed by atoms with Crippen LogP contribution in [0.4, 0.5) is 0 Å². The molecule has 0 bridgehead atoms. The molecule has 0 aliphatic rings. The van der Waals surface area contributed by atoms with E-state index in [0.717, 1.165) is 28.4 Å². The van der Waals surface area contributed by atoms with E-state index in [0.29, 0.717) is 12.8 Å². The lowest BCUT2D eigenvalue weighted by Crippen LogP contribution is -2.30. The fraction of sp³-hybridized carbons (Fsp3) is 0.381. The summed E-state index contributed by atoms with van der Waals surface area (Å²) in [5.74, 6) is 2.37. The van der Waals surface area contributed by atoms with E-state index in [1.165, 1.54) is 0 Å². The lowest BCUT2D eigenvalue weighted by Gasteiger charge is -2.26. The first-order valence-corrected chi connectivity index (χ1v) is 8.61. The molecular formula is C21H27NO4. The second-order valence-electron chi connectivity index (χ2n) is 6.10. The van der Waals surface area contributed by atoms with Gasteiger partial charge in [-0.25, -0.2) is 0 Å². The summed E-state index contributed by atoms with van der Waals surface area (Å²) in [7, 11) is 6.72. The largest absolute Gasteiger partial charge is 0.497 e. The number of hydrogen-bond acceptors (Lipinski definition) is 4. The molecule has 0 aliphatic carbocycles. The molecule has 0 fully saturated rings. The maximum absolute atomic E-state index is 12.7. The van der Waals surface area contributed by atoms with E-state index in [9.17, 15) is 4.79 Å². The summed E-state index contributed by atoms with van der Waals surface area (Å²) in [6.07, 6.45) is 0.974. The van der Waals surface area contributed by atoms with Crippen molar-refractivity contribution in [2.45, 2.75) is 25.8 Å². The van der Waals surface area contributed by atoms with E-state index in [1.54, 1.807) is 26.2 Å². The molecule has 0 saturated heterocycles. The average molecular weight is 357 g/mol. The van der Waals surface area contributed by atoms with Gasteiger partial charge < -0.3 is 19.1 Å². The molecule has 2 rings (SSSR count). The van der Waals surface area contributed by atoms with Crippen molar-refractivity contribution in [2.75, 3.05) is 28.4 Å². The van der Waals surface area contributed by atoms with Crippen LogP contribution >= 0.6 is 0 Å². The van der Waals surface area contributed by atoms with Gasteiger partial charge in [-0.05, 0) is 43.2 Å². The van der Waals surface area contributed by atoms with Crippen molar-refractivity contribution in [1.82, 2.24) is 4.90 Å². The first-order valence-electron chi connectivity index (χ1n) is 8.61. The van der Waals surface area contributed by atoms with E-state index in [2.05, 4.69) is 0 Å². The third-order valence-corrected chi connectivity index (χ3v) is 4.66. The second kappa shape index (κ2) is 9.13. The Balaban J connectivity index is 2.07. The summed E-state index contributed by atoms with van der Waals surface area (Å²) in [4.78, 5) is 14.5. The Morgan fingerprint density at radius 1 is 1.00 bits per heavy atom. The van der Waals surface area contributed by atoms with Gasteiger partial charge in [-0.1, -0.05) is 18.2 Å². The number of carbonyl (C=O) groups is 1. The van der Waals surface area contributed by atoms with E-state index in [1.807, 2.05) is 56.4 Å². The van der Waals surface area contributed by atoms with E-state index in [-0.39, 0.29) is 11.9 Å². The first kappa shape index (κ1) is 19.6. The van der Waals surface area contributed by atoms with Crippen LogP contribution in [0, 0.1) is 0 Å². The molecule has 0 N–H and O–H groups in total. The highest BCUT2D eigenvalue weighted by atomic mass is 16.5. The third-order valence-electron chi connectivity index (χ3n) is 4.66. The molecule has 1 unspecified atom stereocenters. The van der Waals surface area contributed by atoms with E-state index < -0.39 is 0 Å². The Labute approximate surface area is 155 Å². The summed E-state index contributed by atoms with van der Waals surface area (Å²) >= 11 is 0. The van der Waals surface area contributed by atoms with Crippen LogP contribution in [-0.2, 0) is 11.2 Å². The minimum absolute atomic E-state index is 0.0632. The Hall–Kier alpha value is -2.69. The quantitative estimate of drug-likeness (QED) is 0.720. The number of methoxy groups -OCH3 is 3. The SMILES string of the molecule is COc1ccc(OC)c(CCC(=O)N(C)C(C)c2ccccc2OC)c1. The average Bonchev–Trinajstić information content (AvgIpc) is 2.70. The van der Waals surface area contributed by atoms with Crippen molar-refractivity contribution in [1.29, 1.82) is 0 Å². The molecule has 2 aromatic carbocycles. The Bertz CT molecular complexity index is 745. The van der Waals surface area contributed by atoms with Gasteiger partial charge in [0.15, 0.2) is 0 Å². The van der Waals surface area contributed by atoms with Crippen LogP contribution in [-0.4, -0.2) is 39.2 Å². The third kappa shape index (κ3) is 4.48. The Morgan fingerprint density at radius 3 is 2.35 bits per heavy atom. The topological polar surface area (TPSA) is 48.0 Å². The maximum atomic E-state index is 12.7. The van der Waals surface area contributed by atoms with Gasteiger partial charge in [-0.3, -0.25) is 4.79 Å². The number of aryl methyl sites for hydroxylation is 1. The summed E-state index contributed by atoms with van der Waals surface area (Å²) < 4.78 is 16.1. The molecular weight excluding hydrogens is 330 g/mol. The number of para-hydroxylation sites is 1. The molecule has 0 radical (unpaired) electrons. The molecule has 26 heavy (non-hydrogen) atoms. The number of amides is 1. The van der Waals surface area contributed by atoms with Crippen LogP contribution in [0.25, 0.3) is 0 Å². The molecule has 0 aromatic heterocycles. The summed E-state index contributed by atoms with van der Waals surface area (Å²) in [5, 5.41) is 0. The molecule has 0 aliphatic heterocycles. The molecule has 0 heterocycles. The number of nitrogens with zero attached hydrogens (tertiary/aromatic N) is 1. The predicted octanol–water partition coefficient (Wildman–Crippen LogP) is 3.86. The molecule has 2 aromatic rings. The van der Waals surface area contributed by atoms with Crippen LogP contribution in [0.2, 0.25) is 0 Å². The van der Waals surface area contributed by atoms with E-state index >= 15 is 0 Å². The standard InChI is InChI=1S/C21H27NO4/c1-15(18-8-6-7-9-20(18)26-5)22(2)21(23)13-10-16-14-17(24-3)11-12-19(16)25-4/h6-9,11-12,14-15H,10,13H2,1-5H3. The highest BCUT2D eigenvalue weighted by Gasteiger charge is 2.20. The number of rotatable bonds is 8. The van der Waals surface area contributed by atoms with Crippen LogP contribution in [0.1, 0.15) is 30.5 Å². The summed E-state index contributed by atoms with van der Waals surface area (Å²) in [6, 6.07) is 13.3. The molecule has 0 spiro atoms. The fourth-order valence-electron chi connectivity index (χ4n) is 2.93. The minimum Gasteiger partial charge on any atom is -0.497 e. The predicted molar refractivity (Wildman–Crippen MR) is 102 cm³/mol.